The molecule has 172 valence electrons. The molecule has 0 saturated carbocycles. The van der Waals surface area contributed by atoms with Crippen LogP contribution in [-0.2, 0) is 14.8 Å². The van der Waals surface area contributed by atoms with Gasteiger partial charge in [-0.15, -0.1) is 10.2 Å². The fourth-order valence-electron chi connectivity index (χ4n) is 3.75. The molecule has 0 unspecified atom stereocenters. The molecule has 0 bridgehead atoms. The van der Waals surface area contributed by atoms with Crippen LogP contribution in [0.15, 0.2) is 58.2 Å². The first-order valence-corrected chi connectivity index (χ1v) is 11.6. The molecular formula is C21H21N5O6S. The Balaban J connectivity index is 1.42. The summed E-state index contributed by atoms with van der Waals surface area (Å²) < 4.78 is 32.6. The third kappa shape index (κ3) is 4.76. The van der Waals surface area contributed by atoms with Crippen LogP contribution in [0.3, 0.4) is 0 Å². The number of aryl methyl sites for hydroxylation is 1. The van der Waals surface area contributed by atoms with Gasteiger partial charge in [-0.05, 0) is 43.5 Å². The van der Waals surface area contributed by atoms with E-state index in [4.69, 9.17) is 4.42 Å². The third-order valence-corrected chi connectivity index (χ3v) is 7.60. The molecule has 3 aromatic rings. The van der Waals surface area contributed by atoms with Crippen molar-refractivity contribution in [2.45, 2.75) is 24.7 Å². The van der Waals surface area contributed by atoms with Crippen LogP contribution >= 0.6 is 0 Å². The number of nitrogens with zero attached hydrogens (tertiary/aromatic N) is 4. The van der Waals surface area contributed by atoms with E-state index in [9.17, 15) is 23.3 Å². The minimum Gasteiger partial charge on any atom is -0.423 e. The largest absolute Gasteiger partial charge is 0.423 e. The molecule has 0 aliphatic carbocycles. The number of hydrogen-bond acceptors (Lipinski definition) is 8. The number of sulfonamides is 1. The van der Waals surface area contributed by atoms with Crippen molar-refractivity contribution in [3.8, 4) is 11.5 Å². The molecule has 1 aliphatic heterocycles. The Morgan fingerprint density at radius 1 is 1.21 bits per heavy atom. The number of carbonyl (C=O) groups excluding carboxylic acids is 1. The zero-order chi connectivity index (χ0) is 23.6. The molecule has 1 aromatic heterocycles. The summed E-state index contributed by atoms with van der Waals surface area (Å²) >= 11 is 0. The molecule has 2 aromatic carbocycles. The molecule has 1 saturated heterocycles. The minimum absolute atomic E-state index is 0.0857. The van der Waals surface area contributed by atoms with Crippen molar-refractivity contribution in [3.05, 3.63) is 64.5 Å². The highest BCUT2D eigenvalue weighted by Gasteiger charge is 2.33. The van der Waals surface area contributed by atoms with Gasteiger partial charge in [-0.2, -0.15) is 4.31 Å². The molecule has 12 heteroatoms. The zero-order valence-corrected chi connectivity index (χ0v) is 18.5. The SMILES string of the molecule is Cc1ccc([N+](=O)[O-])cc1S(=O)(=O)N1CCC(C(=O)Nc2cccc(-c3nnco3)c2)CC1. The number of non-ortho nitro benzene ring substituents is 1. The molecule has 1 amide bonds. The minimum atomic E-state index is -3.91. The number of aromatic nitrogens is 2. The molecule has 2 heterocycles. The number of anilines is 1. The predicted molar refractivity (Wildman–Crippen MR) is 118 cm³/mol. The van der Waals surface area contributed by atoms with Crippen molar-refractivity contribution in [3.63, 3.8) is 0 Å². The number of amides is 1. The van der Waals surface area contributed by atoms with E-state index in [1.54, 1.807) is 31.2 Å². The van der Waals surface area contributed by atoms with Gasteiger partial charge in [-0.3, -0.25) is 14.9 Å². The van der Waals surface area contributed by atoms with E-state index in [1.165, 1.54) is 22.8 Å². The molecule has 0 atom stereocenters. The first-order chi connectivity index (χ1) is 15.8. The van der Waals surface area contributed by atoms with Crippen molar-refractivity contribution in [1.29, 1.82) is 0 Å². The molecule has 1 fully saturated rings. The summed E-state index contributed by atoms with van der Waals surface area (Å²) in [6.07, 6.45) is 1.89. The van der Waals surface area contributed by atoms with Gasteiger partial charge >= 0.3 is 0 Å². The van der Waals surface area contributed by atoms with Gasteiger partial charge in [0.25, 0.3) is 5.69 Å². The van der Waals surface area contributed by atoms with Crippen LogP contribution in [0.25, 0.3) is 11.5 Å². The van der Waals surface area contributed by atoms with Crippen LogP contribution in [0, 0.1) is 23.0 Å². The fourth-order valence-corrected chi connectivity index (χ4v) is 5.47. The molecule has 0 spiro atoms. The number of nitro groups is 1. The van der Waals surface area contributed by atoms with Crippen LogP contribution in [0.4, 0.5) is 11.4 Å². The van der Waals surface area contributed by atoms with Crippen LogP contribution in [0.2, 0.25) is 0 Å². The highest BCUT2D eigenvalue weighted by Crippen LogP contribution is 2.29. The second-order valence-corrected chi connectivity index (χ2v) is 9.61. The van der Waals surface area contributed by atoms with E-state index in [2.05, 4.69) is 15.5 Å². The van der Waals surface area contributed by atoms with Crippen molar-refractivity contribution in [2.24, 2.45) is 5.92 Å². The van der Waals surface area contributed by atoms with Crippen molar-refractivity contribution in [1.82, 2.24) is 14.5 Å². The number of piperidine rings is 1. The highest BCUT2D eigenvalue weighted by atomic mass is 32.2. The number of nitro benzene ring substituents is 1. The van der Waals surface area contributed by atoms with E-state index in [0.29, 0.717) is 35.5 Å². The Bertz CT molecular complexity index is 1280. The lowest BCUT2D eigenvalue weighted by atomic mass is 9.97. The molecule has 0 radical (unpaired) electrons. The normalized spacial score (nSPS) is 15.3. The van der Waals surface area contributed by atoms with Gasteiger partial charge in [0.2, 0.25) is 28.2 Å². The van der Waals surface area contributed by atoms with Gasteiger partial charge < -0.3 is 9.73 Å². The van der Waals surface area contributed by atoms with Gasteiger partial charge in [0, 0.05) is 42.4 Å². The summed E-state index contributed by atoms with van der Waals surface area (Å²) in [4.78, 5) is 23.1. The maximum absolute atomic E-state index is 13.1. The van der Waals surface area contributed by atoms with Crippen LogP contribution in [-0.4, -0.2) is 46.8 Å². The number of rotatable bonds is 6. The second kappa shape index (κ2) is 9.08. The average Bonchev–Trinajstić information content (AvgIpc) is 3.34. The van der Waals surface area contributed by atoms with E-state index < -0.39 is 14.9 Å². The highest BCUT2D eigenvalue weighted by molar-refractivity contribution is 7.89. The number of benzene rings is 2. The zero-order valence-electron chi connectivity index (χ0n) is 17.7. The van der Waals surface area contributed by atoms with Gasteiger partial charge in [0.05, 0.1) is 9.82 Å². The summed E-state index contributed by atoms with van der Waals surface area (Å²) in [6, 6.07) is 10.8. The van der Waals surface area contributed by atoms with Crippen LogP contribution < -0.4 is 5.32 Å². The van der Waals surface area contributed by atoms with Gasteiger partial charge in [-0.1, -0.05) is 12.1 Å². The standard InChI is InChI=1S/C21H21N5O6S/c1-14-5-6-18(26(28)29)12-19(14)33(30,31)25-9-7-15(8-10-25)20(27)23-17-4-2-3-16(11-17)21-24-22-13-32-21/h2-6,11-13,15H,7-10H2,1H3,(H,23,27). The van der Waals surface area contributed by atoms with E-state index in [0.717, 1.165) is 6.07 Å². The average molecular weight is 471 g/mol. The van der Waals surface area contributed by atoms with E-state index in [1.807, 2.05) is 0 Å². The van der Waals surface area contributed by atoms with Gasteiger partial charge in [-0.25, -0.2) is 8.42 Å². The number of hydrogen-bond donors (Lipinski definition) is 1. The Morgan fingerprint density at radius 2 is 1.97 bits per heavy atom. The smallest absolute Gasteiger partial charge is 0.270 e. The maximum atomic E-state index is 13.1. The lowest BCUT2D eigenvalue weighted by Gasteiger charge is -2.30. The van der Waals surface area contributed by atoms with E-state index in [-0.39, 0.29) is 35.5 Å². The van der Waals surface area contributed by atoms with Crippen molar-refractivity contribution >= 4 is 27.3 Å². The lowest BCUT2D eigenvalue weighted by Crippen LogP contribution is -2.41. The maximum Gasteiger partial charge on any atom is 0.270 e. The fraction of sp³-hybridized carbons (Fsp3) is 0.286. The molecule has 11 nitrogen and oxygen atoms in total. The van der Waals surface area contributed by atoms with Crippen molar-refractivity contribution < 1.29 is 22.6 Å². The predicted octanol–water partition coefficient (Wildman–Crippen LogP) is 2.99. The molecule has 33 heavy (non-hydrogen) atoms. The summed E-state index contributed by atoms with van der Waals surface area (Å²) in [5.41, 5.74) is 1.38. The van der Waals surface area contributed by atoms with Crippen LogP contribution in [0.5, 0.6) is 0 Å². The summed E-state index contributed by atoms with van der Waals surface area (Å²) in [7, 11) is -3.91. The Hall–Kier alpha value is -3.64. The lowest BCUT2D eigenvalue weighted by molar-refractivity contribution is -0.385. The molecule has 4 rings (SSSR count). The Labute approximate surface area is 189 Å². The molecule has 1 aliphatic rings. The van der Waals surface area contributed by atoms with Crippen LogP contribution in [0.1, 0.15) is 18.4 Å². The van der Waals surface area contributed by atoms with E-state index >= 15 is 0 Å². The third-order valence-electron chi connectivity index (χ3n) is 5.56. The van der Waals surface area contributed by atoms with Crippen molar-refractivity contribution in [2.75, 3.05) is 18.4 Å². The number of carbonyl (C=O) groups is 1. The monoisotopic (exact) mass is 471 g/mol. The molecule has 1 N–H and O–H groups in total. The van der Waals surface area contributed by atoms with Gasteiger partial charge in [0.1, 0.15) is 0 Å². The topological polar surface area (TPSA) is 149 Å². The summed E-state index contributed by atoms with van der Waals surface area (Å²) in [5.74, 6) is -0.239. The number of nitrogens with one attached hydrogen (secondary N) is 1. The first-order valence-electron chi connectivity index (χ1n) is 10.2. The summed E-state index contributed by atoms with van der Waals surface area (Å²) in [6.45, 7) is 1.88. The Kier molecular flexibility index (Phi) is 6.20. The quantitative estimate of drug-likeness (QED) is 0.426. The molecular weight excluding hydrogens is 450 g/mol. The first kappa shape index (κ1) is 22.6. The van der Waals surface area contributed by atoms with Gasteiger partial charge in [0.15, 0.2) is 0 Å². The second-order valence-electron chi connectivity index (χ2n) is 7.70. The summed E-state index contributed by atoms with van der Waals surface area (Å²) in [5, 5.41) is 21.4. The Morgan fingerprint density at radius 3 is 2.64 bits per heavy atom.